The van der Waals surface area contributed by atoms with Gasteiger partial charge in [0.1, 0.15) is 5.82 Å². The van der Waals surface area contributed by atoms with Gasteiger partial charge in [-0.15, -0.1) is 0 Å². The molecule has 0 radical (unpaired) electrons. The molecule has 0 fully saturated rings. The first-order valence-corrected chi connectivity index (χ1v) is 5.41. The number of rotatable bonds is 3. The van der Waals surface area contributed by atoms with Crippen molar-refractivity contribution in [1.82, 2.24) is 0 Å². The standard InChI is InChI=1S/C11H9BrFNO2/c1-2-16-11(15)5-7-3-9(12)10(13)4-8(7)6-14/h3-4H,2,5H2,1H3. The summed E-state index contributed by atoms with van der Waals surface area (Å²) in [6.45, 7) is 1.98. The van der Waals surface area contributed by atoms with Gasteiger partial charge >= 0.3 is 5.97 Å². The summed E-state index contributed by atoms with van der Waals surface area (Å²) in [5.41, 5.74) is 0.600. The fourth-order valence-electron chi connectivity index (χ4n) is 1.21. The molecule has 16 heavy (non-hydrogen) atoms. The molecule has 1 aromatic carbocycles. The molecule has 1 aromatic rings. The van der Waals surface area contributed by atoms with Crippen molar-refractivity contribution in [3.05, 3.63) is 33.5 Å². The molecule has 0 unspecified atom stereocenters. The lowest BCUT2D eigenvalue weighted by Crippen LogP contribution is -2.09. The van der Waals surface area contributed by atoms with Gasteiger partial charge in [-0.3, -0.25) is 4.79 Å². The molecule has 84 valence electrons. The third kappa shape index (κ3) is 3.04. The molecule has 0 saturated heterocycles. The van der Waals surface area contributed by atoms with Gasteiger partial charge in [0.15, 0.2) is 0 Å². The monoisotopic (exact) mass is 285 g/mol. The normalized spacial score (nSPS) is 9.62. The number of hydrogen-bond donors (Lipinski definition) is 0. The van der Waals surface area contributed by atoms with Gasteiger partial charge in [0.2, 0.25) is 0 Å². The van der Waals surface area contributed by atoms with Gasteiger partial charge in [-0.05, 0) is 40.5 Å². The van der Waals surface area contributed by atoms with E-state index in [1.807, 2.05) is 6.07 Å². The van der Waals surface area contributed by atoms with Gasteiger partial charge in [-0.1, -0.05) is 0 Å². The SMILES string of the molecule is CCOC(=O)Cc1cc(Br)c(F)cc1C#N. The average Bonchev–Trinajstić information content (AvgIpc) is 2.23. The molecular weight excluding hydrogens is 277 g/mol. The van der Waals surface area contributed by atoms with Crippen LogP contribution in [0.5, 0.6) is 0 Å². The number of esters is 1. The zero-order valence-corrected chi connectivity index (χ0v) is 10.2. The summed E-state index contributed by atoms with van der Waals surface area (Å²) < 4.78 is 18.1. The number of ether oxygens (including phenoxy) is 1. The van der Waals surface area contributed by atoms with E-state index >= 15 is 0 Å². The minimum absolute atomic E-state index is 0.0321. The Morgan fingerprint density at radius 1 is 1.62 bits per heavy atom. The van der Waals surface area contributed by atoms with E-state index in [4.69, 9.17) is 10.00 Å². The van der Waals surface area contributed by atoms with Crippen LogP contribution < -0.4 is 0 Å². The summed E-state index contributed by atoms with van der Waals surface area (Å²) in [5.74, 6) is -0.957. The quantitative estimate of drug-likeness (QED) is 0.802. The van der Waals surface area contributed by atoms with Crippen molar-refractivity contribution in [3.8, 4) is 6.07 Å². The first-order chi connectivity index (χ1) is 7.58. The number of carbonyl (C=O) groups excluding carboxylic acids is 1. The third-order valence-corrected chi connectivity index (χ3v) is 2.51. The van der Waals surface area contributed by atoms with Gasteiger partial charge < -0.3 is 4.74 Å². The maximum Gasteiger partial charge on any atom is 0.310 e. The van der Waals surface area contributed by atoms with Crippen molar-refractivity contribution in [2.75, 3.05) is 6.61 Å². The summed E-state index contributed by atoms with van der Waals surface area (Å²) in [6, 6.07) is 4.36. The fourth-order valence-corrected chi connectivity index (χ4v) is 1.60. The van der Waals surface area contributed by atoms with Gasteiger partial charge in [0, 0.05) is 0 Å². The summed E-state index contributed by atoms with van der Waals surface area (Å²) in [7, 11) is 0. The van der Waals surface area contributed by atoms with Gasteiger partial charge in [-0.25, -0.2) is 4.39 Å². The van der Waals surface area contributed by atoms with Crippen LogP contribution in [-0.4, -0.2) is 12.6 Å². The van der Waals surface area contributed by atoms with Crippen LogP contribution in [0.4, 0.5) is 4.39 Å². The lowest BCUT2D eigenvalue weighted by atomic mass is 10.1. The number of halogens is 2. The average molecular weight is 286 g/mol. The number of hydrogen-bond acceptors (Lipinski definition) is 3. The van der Waals surface area contributed by atoms with E-state index in [-0.39, 0.29) is 23.1 Å². The highest BCUT2D eigenvalue weighted by atomic mass is 79.9. The number of carbonyl (C=O) groups is 1. The molecule has 0 heterocycles. The van der Waals surface area contributed by atoms with E-state index in [1.54, 1.807) is 6.92 Å². The van der Waals surface area contributed by atoms with Crippen molar-refractivity contribution >= 4 is 21.9 Å². The lowest BCUT2D eigenvalue weighted by molar-refractivity contribution is -0.142. The first kappa shape index (κ1) is 12.7. The molecule has 0 aliphatic carbocycles. The second-order valence-electron chi connectivity index (χ2n) is 3.02. The highest BCUT2D eigenvalue weighted by molar-refractivity contribution is 9.10. The smallest absolute Gasteiger partial charge is 0.310 e. The second kappa shape index (κ2) is 5.61. The molecule has 0 saturated carbocycles. The fraction of sp³-hybridized carbons (Fsp3) is 0.273. The van der Waals surface area contributed by atoms with Gasteiger partial charge in [0.05, 0.1) is 29.1 Å². The van der Waals surface area contributed by atoms with Crippen LogP contribution in [0.1, 0.15) is 18.1 Å². The van der Waals surface area contributed by atoms with Crippen LogP contribution in [0.2, 0.25) is 0 Å². The molecule has 0 spiro atoms. The van der Waals surface area contributed by atoms with E-state index in [0.717, 1.165) is 6.07 Å². The van der Waals surface area contributed by atoms with Crippen molar-refractivity contribution in [2.45, 2.75) is 13.3 Å². The van der Waals surface area contributed by atoms with Crippen LogP contribution in [0.3, 0.4) is 0 Å². The Labute approximate surface area is 101 Å². The van der Waals surface area contributed by atoms with E-state index < -0.39 is 11.8 Å². The Morgan fingerprint density at radius 2 is 2.31 bits per heavy atom. The number of nitriles is 1. The summed E-state index contributed by atoms with van der Waals surface area (Å²) >= 11 is 3.00. The molecular formula is C11H9BrFNO2. The molecule has 5 heteroatoms. The van der Waals surface area contributed by atoms with E-state index in [9.17, 15) is 9.18 Å². The summed E-state index contributed by atoms with van der Waals surface area (Å²) in [4.78, 5) is 11.2. The van der Waals surface area contributed by atoms with Crippen LogP contribution in [-0.2, 0) is 16.0 Å². The second-order valence-corrected chi connectivity index (χ2v) is 3.87. The van der Waals surface area contributed by atoms with E-state index in [2.05, 4.69) is 15.9 Å². The third-order valence-electron chi connectivity index (χ3n) is 1.91. The van der Waals surface area contributed by atoms with Crippen molar-refractivity contribution in [2.24, 2.45) is 0 Å². The molecule has 0 amide bonds. The van der Waals surface area contributed by atoms with Crippen LogP contribution >= 0.6 is 15.9 Å². The Hall–Kier alpha value is -1.41. The Kier molecular flexibility index (Phi) is 4.44. The van der Waals surface area contributed by atoms with Crippen LogP contribution in [0.25, 0.3) is 0 Å². The van der Waals surface area contributed by atoms with E-state index in [1.165, 1.54) is 6.07 Å². The largest absolute Gasteiger partial charge is 0.466 e. The first-order valence-electron chi connectivity index (χ1n) is 4.62. The minimum atomic E-state index is -0.524. The zero-order valence-electron chi connectivity index (χ0n) is 8.59. The Balaban J connectivity index is 3.00. The molecule has 0 atom stereocenters. The summed E-state index contributed by atoms with van der Waals surface area (Å²) in [5, 5.41) is 8.79. The maximum atomic E-state index is 13.1. The summed E-state index contributed by atoms with van der Waals surface area (Å²) in [6.07, 6.45) is -0.0321. The molecule has 1 rings (SSSR count). The van der Waals surface area contributed by atoms with Gasteiger partial charge in [-0.2, -0.15) is 5.26 Å². The molecule has 3 nitrogen and oxygen atoms in total. The topological polar surface area (TPSA) is 50.1 Å². The van der Waals surface area contributed by atoms with Gasteiger partial charge in [0.25, 0.3) is 0 Å². The zero-order chi connectivity index (χ0) is 12.1. The predicted octanol–water partition coefficient (Wildman–Crippen LogP) is 2.57. The van der Waals surface area contributed by atoms with Crippen molar-refractivity contribution < 1.29 is 13.9 Å². The molecule has 0 bridgehead atoms. The lowest BCUT2D eigenvalue weighted by Gasteiger charge is -2.05. The van der Waals surface area contributed by atoms with E-state index in [0.29, 0.717) is 5.56 Å². The molecule has 0 aliphatic heterocycles. The highest BCUT2D eigenvalue weighted by Crippen LogP contribution is 2.21. The molecule has 0 aromatic heterocycles. The number of benzene rings is 1. The molecule has 0 aliphatic rings. The Bertz CT molecular complexity index is 454. The molecule has 0 N–H and O–H groups in total. The van der Waals surface area contributed by atoms with Crippen LogP contribution in [0.15, 0.2) is 16.6 Å². The highest BCUT2D eigenvalue weighted by Gasteiger charge is 2.12. The minimum Gasteiger partial charge on any atom is -0.466 e. The Morgan fingerprint density at radius 3 is 2.88 bits per heavy atom. The van der Waals surface area contributed by atoms with Crippen molar-refractivity contribution in [1.29, 1.82) is 5.26 Å². The van der Waals surface area contributed by atoms with Crippen LogP contribution in [0, 0.1) is 17.1 Å². The maximum absolute atomic E-state index is 13.1. The van der Waals surface area contributed by atoms with Crippen molar-refractivity contribution in [3.63, 3.8) is 0 Å². The number of nitrogens with zero attached hydrogens (tertiary/aromatic N) is 1. The predicted molar refractivity (Wildman–Crippen MR) is 59.2 cm³/mol.